The first-order valence-corrected chi connectivity index (χ1v) is 8.39. The number of hydrogen-bond acceptors (Lipinski definition) is 6. The van der Waals surface area contributed by atoms with Crippen molar-refractivity contribution in [2.45, 2.75) is 11.8 Å². The normalized spacial score (nSPS) is 18.9. The first-order valence-electron chi connectivity index (χ1n) is 5.26. The summed E-state index contributed by atoms with van der Waals surface area (Å²) in [7, 11) is -7.33. The molecule has 8 heteroatoms. The zero-order chi connectivity index (χ0) is 13.2. The van der Waals surface area contributed by atoms with Crippen molar-refractivity contribution in [3.8, 4) is 0 Å². The van der Waals surface area contributed by atoms with Crippen molar-refractivity contribution in [3.05, 3.63) is 29.8 Å². The summed E-state index contributed by atoms with van der Waals surface area (Å²) >= 11 is 0. The van der Waals surface area contributed by atoms with Gasteiger partial charge < -0.3 is 9.05 Å². The minimum absolute atomic E-state index is 0.0129. The van der Waals surface area contributed by atoms with E-state index >= 15 is 0 Å². The Bertz CT molecular complexity index is 555. The SMILES string of the molecule is Cc1ccc(S(=O)(=O)OCP2(=O)OCCO2)cc1. The quantitative estimate of drug-likeness (QED) is 0.623. The van der Waals surface area contributed by atoms with Gasteiger partial charge in [-0.05, 0) is 19.1 Å². The lowest BCUT2D eigenvalue weighted by atomic mass is 10.2. The van der Waals surface area contributed by atoms with Crippen LogP contribution in [0.5, 0.6) is 0 Å². The second-order valence-corrected chi connectivity index (χ2v) is 7.40. The molecule has 0 unspecified atom stereocenters. The van der Waals surface area contributed by atoms with Crippen LogP contribution in [-0.2, 0) is 27.9 Å². The highest BCUT2D eigenvalue weighted by atomic mass is 32.2. The van der Waals surface area contributed by atoms with E-state index < -0.39 is 24.1 Å². The van der Waals surface area contributed by atoms with E-state index in [-0.39, 0.29) is 18.1 Å². The number of aryl methyl sites for hydroxylation is 1. The summed E-state index contributed by atoms with van der Waals surface area (Å²) in [5, 5.41) is 0. The Kier molecular flexibility index (Phi) is 3.89. The summed E-state index contributed by atoms with van der Waals surface area (Å²) in [5.41, 5.74) is 0.934. The van der Waals surface area contributed by atoms with E-state index in [4.69, 9.17) is 13.2 Å². The summed E-state index contributed by atoms with van der Waals surface area (Å²) < 4.78 is 49.7. The molecule has 0 saturated carbocycles. The second kappa shape index (κ2) is 5.11. The molecule has 0 N–H and O–H groups in total. The molecule has 0 bridgehead atoms. The van der Waals surface area contributed by atoms with Crippen LogP contribution in [-0.4, -0.2) is 28.0 Å². The lowest BCUT2D eigenvalue weighted by Crippen LogP contribution is -2.08. The van der Waals surface area contributed by atoms with Gasteiger partial charge in [0.1, 0.15) is 0 Å². The van der Waals surface area contributed by atoms with E-state index in [1.807, 2.05) is 6.92 Å². The molecule has 0 radical (unpaired) electrons. The van der Waals surface area contributed by atoms with Crippen LogP contribution < -0.4 is 0 Å². The Balaban J connectivity index is 2.08. The van der Waals surface area contributed by atoms with Crippen LogP contribution in [0.3, 0.4) is 0 Å². The molecule has 1 heterocycles. The summed E-state index contributed by atoms with van der Waals surface area (Å²) in [6.07, 6.45) is -0.594. The molecule has 1 fully saturated rings. The van der Waals surface area contributed by atoms with Gasteiger partial charge in [0.2, 0.25) is 0 Å². The van der Waals surface area contributed by atoms with Crippen LogP contribution in [0, 0.1) is 6.92 Å². The first kappa shape index (κ1) is 13.7. The van der Waals surface area contributed by atoms with Crippen LogP contribution in [0.1, 0.15) is 5.56 Å². The third kappa shape index (κ3) is 3.18. The van der Waals surface area contributed by atoms with E-state index in [9.17, 15) is 13.0 Å². The van der Waals surface area contributed by atoms with Gasteiger partial charge in [-0.2, -0.15) is 8.42 Å². The van der Waals surface area contributed by atoms with Gasteiger partial charge in [0.05, 0.1) is 18.1 Å². The van der Waals surface area contributed by atoms with Crippen LogP contribution >= 0.6 is 7.60 Å². The third-order valence-electron chi connectivity index (χ3n) is 2.33. The van der Waals surface area contributed by atoms with E-state index in [1.54, 1.807) is 12.1 Å². The molecule has 0 aliphatic carbocycles. The third-order valence-corrected chi connectivity index (χ3v) is 5.38. The molecule has 0 amide bonds. The van der Waals surface area contributed by atoms with Gasteiger partial charge >= 0.3 is 7.60 Å². The van der Waals surface area contributed by atoms with Crippen LogP contribution in [0.25, 0.3) is 0 Å². The van der Waals surface area contributed by atoms with Gasteiger partial charge in [0.15, 0.2) is 6.35 Å². The monoisotopic (exact) mass is 292 g/mol. The maximum atomic E-state index is 11.8. The van der Waals surface area contributed by atoms with Gasteiger partial charge in [-0.25, -0.2) is 0 Å². The van der Waals surface area contributed by atoms with Crippen molar-refractivity contribution in [1.29, 1.82) is 0 Å². The van der Waals surface area contributed by atoms with E-state index in [0.717, 1.165) is 5.56 Å². The van der Waals surface area contributed by atoms with Crippen molar-refractivity contribution in [2.24, 2.45) is 0 Å². The topological polar surface area (TPSA) is 78.9 Å². The fourth-order valence-electron chi connectivity index (χ4n) is 1.37. The molecule has 1 aromatic carbocycles. The van der Waals surface area contributed by atoms with Crippen molar-refractivity contribution in [3.63, 3.8) is 0 Å². The molecule has 1 aliphatic heterocycles. The molecule has 6 nitrogen and oxygen atoms in total. The highest BCUT2D eigenvalue weighted by Gasteiger charge is 2.33. The van der Waals surface area contributed by atoms with Gasteiger partial charge in [-0.3, -0.25) is 8.75 Å². The maximum absolute atomic E-state index is 11.8. The maximum Gasteiger partial charge on any atom is 0.357 e. The van der Waals surface area contributed by atoms with Crippen molar-refractivity contribution in [1.82, 2.24) is 0 Å². The predicted molar refractivity (Wildman–Crippen MR) is 63.8 cm³/mol. The van der Waals surface area contributed by atoms with Crippen molar-refractivity contribution >= 4 is 17.7 Å². The zero-order valence-electron chi connectivity index (χ0n) is 9.74. The average Bonchev–Trinajstić information content (AvgIpc) is 2.75. The molecule has 0 aromatic heterocycles. The first-order chi connectivity index (χ1) is 8.41. The molecule has 1 aromatic rings. The fraction of sp³-hybridized carbons (Fsp3) is 0.400. The highest BCUT2D eigenvalue weighted by Crippen LogP contribution is 2.51. The molecule has 0 spiro atoms. The minimum atomic E-state index is -3.93. The lowest BCUT2D eigenvalue weighted by Gasteiger charge is -2.10. The molecular weight excluding hydrogens is 279 g/mol. The van der Waals surface area contributed by atoms with Crippen molar-refractivity contribution in [2.75, 3.05) is 19.6 Å². The largest absolute Gasteiger partial charge is 0.357 e. The Morgan fingerprint density at radius 1 is 1.22 bits per heavy atom. The average molecular weight is 292 g/mol. The van der Waals surface area contributed by atoms with Crippen molar-refractivity contribution < 1.29 is 26.2 Å². The van der Waals surface area contributed by atoms with Crippen LogP contribution in [0.2, 0.25) is 0 Å². The Morgan fingerprint density at radius 2 is 1.78 bits per heavy atom. The summed E-state index contributed by atoms with van der Waals surface area (Å²) in [4.78, 5) is 0.0129. The Hall–Kier alpha value is -0.720. The van der Waals surface area contributed by atoms with Crippen LogP contribution in [0.4, 0.5) is 0 Å². The standard InChI is InChI=1S/C10H13O6PS/c1-9-2-4-10(5-3-9)18(12,13)16-8-17(11)14-6-7-15-17/h2-5H,6-8H2,1H3. The van der Waals surface area contributed by atoms with E-state index in [2.05, 4.69) is 0 Å². The van der Waals surface area contributed by atoms with Gasteiger partial charge in [-0.15, -0.1) is 0 Å². The number of rotatable bonds is 4. The highest BCUT2D eigenvalue weighted by molar-refractivity contribution is 7.87. The predicted octanol–water partition coefficient (Wildman–Crippen LogP) is 1.90. The molecule has 1 aliphatic rings. The molecule has 2 rings (SSSR count). The zero-order valence-corrected chi connectivity index (χ0v) is 11.4. The molecular formula is C10H13O6PS. The summed E-state index contributed by atoms with van der Waals surface area (Å²) in [5.74, 6) is 0. The molecule has 1 saturated heterocycles. The van der Waals surface area contributed by atoms with Gasteiger partial charge in [-0.1, -0.05) is 17.7 Å². The van der Waals surface area contributed by atoms with Gasteiger partial charge in [0, 0.05) is 0 Å². The lowest BCUT2D eigenvalue weighted by molar-refractivity contribution is 0.291. The summed E-state index contributed by atoms with van der Waals surface area (Å²) in [6.45, 7) is 2.21. The van der Waals surface area contributed by atoms with E-state index in [1.165, 1.54) is 12.1 Å². The fourth-order valence-corrected chi connectivity index (χ4v) is 3.98. The number of hydrogen-bond donors (Lipinski definition) is 0. The Labute approximate surface area is 106 Å². The molecule has 0 atom stereocenters. The smallest absolute Gasteiger partial charge is 0.304 e. The molecule has 100 valence electrons. The van der Waals surface area contributed by atoms with E-state index in [0.29, 0.717) is 0 Å². The molecule has 18 heavy (non-hydrogen) atoms. The number of benzene rings is 1. The minimum Gasteiger partial charge on any atom is -0.304 e. The summed E-state index contributed by atoms with van der Waals surface area (Å²) in [6, 6.07) is 6.16. The van der Waals surface area contributed by atoms with Gasteiger partial charge in [0.25, 0.3) is 10.1 Å². The second-order valence-electron chi connectivity index (χ2n) is 3.79. The van der Waals surface area contributed by atoms with Crippen LogP contribution in [0.15, 0.2) is 29.2 Å². The Morgan fingerprint density at radius 3 is 2.33 bits per heavy atom.